The minimum atomic E-state index is 0.00862. The van der Waals surface area contributed by atoms with Gasteiger partial charge in [-0.2, -0.15) is 0 Å². The Hall–Kier alpha value is -1.81. The maximum absolute atomic E-state index is 11.7. The van der Waals surface area contributed by atoms with Crippen LogP contribution >= 0.6 is 11.3 Å². The zero-order valence-corrected chi connectivity index (χ0v) is 12.0. The van der Waals surface area contributed by atoms with Crippen LogP contribution in [0.4, 0.5) is 5.69 Å². The van der Waals surface area contributed by atoms with Gasteiger partial charge in [0, 0.05) is 10.6 Å². The van der Waals surface area contributed by atoms with Crippen LogP contribution in [-0.2, 0) is 11.3 Å². The quantitative estimate of drug-likeness (QED) is 0.879. The fraction of sp³-hybridized carbons (Fsp3) is 0.267. The first-order chi connectivity index (χ1) is 9.16. The van der Waals surface area contributed by atoms with Gasteiger partial charge in [0.25, 0.3) is 0 Å². The standard InChI is InChI=1S/C15H18N2OS/c1-11-5-3-7-14(12(11)2)16-10-15(18)17-9-13-6-4-8-19-13/h3-8,16H,9-10H2,1-2H3,(H,17,18). The number of anilines is 1. The average molecular weight is 274 g/mol. The molecule has 0 saturated carbocycles. The summed E-state index contributed by atoms with van der Waals surface area (Å²) in [5.41, 5.74) is 3.43. The zero-order valence-electron chi connectivity index (χ0n) is 11.2. The fourth-order valence-electron chi connectivity index (χ4n) is 1.78. The highest BCUT2D eigenvalue weighted by Gasteiger charge is 2.04. The van der Waals surface area contributed by atoms with E-state index in [4.69, 9.17) is 0 Å². The van der Waals surface area contributed by atoms with Gasteiger partial charge in [-0.05, 0) is 42.5 Å². The molecule has 0 aliphatic carbocycles. The molecule has 1 heterocycles. The molecule has 2 aromatic rings. The van der Waals surface area contributed by atoms with Crippen molar-refractivity contribution in [1.29, 1.82) is 0 Å². The SMILES string of the molecule is Cc1cccc(NCC(=O)NCc2cccs2)c1C. The van der Waals surface area contributed by atoms with Crippen LogP contribution in [0.1, 0.15) is 16.0 Å². The molecule has 0 spiro atoms. The molecule has 1 amide bonds. The third-order valence-corrected chi connectivity index (χ3v) is 3.96. The summed E-state index contributed by atoms with van der Waals surface area (Å²) in [4.78, 5) is 12.9. The molecule has 0 saturated heterocycles. The lowest BCUT2D eigenvalue weighted by Gasteiger charge is -2.11. The third-order valence-electron chi connectivity index (χ3n) is 3.08. The molecule has 19 heavy (non-hydrogen) atoms. The molecule has 1 aromatic carbocycles. The molecule has 0 radical (unpaired) electrons. The number of nitrogens with one attached hydrogen (secondary N) is 2. The van der Waals surface area contributed by atoms with Crippen LogP contribution in [0.5, 0.6) is 0 Å². The van der Waals surface area contributed by atoms with Gasteiger partial charge >= 0.3 is 0 Å². The predicted molar refractivity (Wildman–Crippen MR) is 80.6 cm³/mol. The summed E-state index contributed by atoms with van der Waals surface area (Å²) in [6.07, 6.45) is 0. The van der Waals surface area contributed by atoms with Crippen molar-refractivity contribution in [3.05, 3.63) is 51.7 Å². The second-order valence-electron chi connectivity index (χ2n) is 4.46. The van der Waals surface area contributed by atoms with E-state index in [0.29, 0.717) is 13.1 Å². The van der Waals surface area contributed by atoms with Crippen LogP contribution in [0.15, 0.2) is 35.7 Å². The molecular formula is C15H18N2OS. The van der Waals surface area contributed by atoms with Gasteiger partial charge < -0.3 is 10.6 Å². The van der Waals surface area contributed by atoms with Gasteiger partial charge in [0.2, 0.25) is 5.91 Å². The van der Waals surface area contributed by atoms with E-state index in [1.807, 2.05) is 29.6 Å². The number of rotatable bonds is 5. The van der Waals surface area contributed by atoms with Crippen molar-refractivity contribution >= 4 is 22.9 Å². The Morgan fingerprint density at radius 3 is 2.79 bits per heavy atom. The van der Waals surface area contributed by atoms with Gasteiger partial charge in [-0.15, -0.1) is 11.3 Å². The van der Waals surface area contributed by atoms with Crippen LogP contribution < -0.4 is 10.6 Å². The van der Waals surface area contributed by atoms with Crippen LogP contribution in [0.25, 0.3) is 0 Å². The third kappa shape index (κ3) is 3.83. The highest BCUT2D eigenvalue weighted by Crippen LogP contribution is 2.17. The summed E-state index contributed by atoms with van der Waals surface area (Å²) in [5, 5.41) is 8.08. The molecular weight excluding hydrogens is 256 g/mol. The second-order valence-corrected chi connectivity index (χ2v) is 5.49. The van der Waals surface area contributed by atoms with Crippen molar-refractivity contribution in [3.63, 3.8) is 0 Å². The molecule has 0 bridgehead atoms. The van der Waals surface area contributed by atoms with Crippen molar-refractivity contribution < 1.29 is 4.79 Å². The molecule has 2 rings (SSSR count). The summed E-state index contributed by atoms with van der Waals surface area (Å²) >= 11 is 1.65. The van der Waals surface area contributed by atoms with E-state index in [9.17, 15) is 4.79 Å². The van der Waals surface area contributed by atoms with E-state index in [-0.39, 0.29) is 5.91 Å². The summed E-state index contributed by atoms with van der Waals surface area (Å²) in [5.74, 6) is 0.00862. The normalized spacial score (nSPS) is 10.2. The van der Waals surface area contributed by atoms with Gasteiger partial charge in [-0.1, -0.05) is 18.2 Å². The lowest BCUT2D eigenvalue weighted by molar-refractivity contribution is -0.119. The van der Waals surface area contributed by atoms with E-state index in [2.05, 4.69) is 30.5 Å². The molecule has 2 N–H and O–H groups in total. The second kappa shape index (κ2) is 6.38. The largest absolute Gasteiger partial charge is 0.376 e. The fourth-order valence-corrected chi connectivity index (χ4v) is 2.42. The molecule has 3 nitrogen and oxygen atoms in total. The topological polar surface area (TPSA) is 41.1 Å². The molecule has 0 fully saturated rings. The highest BCUT2D eigenvalue weighted by atomic mass is 32.1. The average Bonchev–Trinajstić information content (AvgIpc) is 2.91. The minimum absolute atomic E-state index is 0.00862. The van der Waals surface area contributed by atoms with Crippen molar-refractivity contribution in [2.24, 2.45) is 0 Å². The first kappa shape index (κ1) is 13.6. The molecule has 4 heteroatoms. The molecule has 0 aliphatic heterocycles. The van der Waals surface area contributed by atoms with Crippen LogP contribution in [0.3, 0.4) is 0 Å². The van der Waals surface area contributed by atoms with Crippen molar-refractivity contribution in [3.8, 4) is 0 Å². The number of thiophene rings is 1. The van der Waals surface area contributed by atoms with E-state index in [1.54, 1.807) is 11.3 Å². The van der Waals surface area contributed by atoms with Gasteiger partial charge in [0.05, 0.1) is 13.1 Å². The molecule has 100 valence electrons. The Bertz CT molecular complexity index is 549. The van der Waals surface area contributed by atoms with Crippen LogP contribution in [-0.4, -0.2) is 12.5 Å². The maximum atomic E-state index is 11.7. The monoisotopic (exact) mass is 274 g/mol. The number of benzene rings is 1. The van der Waals surface area contributed by atoms with E-state index in [1.165, 1.54) is 16.0 Å². The smallest absolute Gasteiger partial charge is 0.239 e. The van der Waals surface area contributed by atoms with Gasteiger partial charge in [-0.3, -0.25) is 4.79 Å². The number of amides is 1. The van der Waals surface area contributed by atoms with Gasteiger partial charge in [0.1, 0.15) is 0 Å². The zero-order chi connectivity index (χ0) is 13.7. The maximum Gasteiger partial charge on any atom is 0.239 e. The lowest BCUT2D eigenvalue weighted by atomic mass is 10.1. The van der Waals surface area contributed by atoms with Crippen molar-refractivity contribution in [2.75, 3.05) is 11.9 Å². The minimum Gasteiger partial charge on any atom is -0.376 e. The first-order valence-corrected chi connectivity index (χ1v) is 7.14. The molecule has 0 aliphatic rings. The van der Waals surface area contributed by atoms with Gasteiger partial charge in [0.15, 0.2) is 0 Å². The Morgan fingerprint density at radius 1 is 1.21 bits per heavy atom. The van der Waals surface area contributed by atoms with Crippen molar-refractivity contribution in [2.45, 2.75) is 20.4 Å². The number of carbonyl (C=O) groups excluding carboxylic acids is 1. The van der Waals surface area contributed by atoms with E-state index < -0.39 is 0 Å². The Morgan fingerprint density at radius 2 is 2.05 bits per heavy atom. The molecule has 1 aromatic heterocycles. The number of hydrogen-bond acceptors (Lipinski definition) is 3. The highest BCUT2D eigenvalue weighted by molar-refractivity contribution is 7.09. The molecule has 0 unspecified atom stereocenters. The van der Waals surface area contributed by atoms with E-state index >= 15 is 0 Å². The summed E-state index contributed by atoms with van der Waals surface area (Å²) in [6.45, 7) is 5.03. The summed E-state index contributed by atoms with van der Waals surface area (Å²) in [7, 11) is 0. The Labute approximate surface area is 117 Å². The van der Waals surface area contributed by atoms with Crippen molar-refractivity contribution in [1.82, 2.24) is 5.32 Å². The van der Waals surface area contributed by atoms with E-state index in [0.717, 1.165) is 5.69 Å². The summed E-state index contributed by atoms with van der Waals surface area (Å²) < 4.78 is 0. The first-order valence-electron chi connectivity index (χ1n) is 6.26. The lowest BCUT2D eigenvalue weighted by Crippen LogP contribution is -2.29. The summed E-state index contributed by atoms with van der Waals surface area (Å²) in [6, 6.07) is 10.1. The van der Waals surface area contributed by atoms with Gasteiger partial charge in [-0.25, -0.2) is 0 Å². The number of aryl methyl sites for hydroxylation is 1. The number of hydrogen-bond donors (Lipinski definition) is 2. The van der Waals surface area contributed by atoms with Crippen LogP contribution in [0.2, 0.25) is 0 Å². The predicted octanol–water partition coefficient (Wildman–Crippen LogP) is 3.09. The number of carbonyl (C=O) groups is 1. The molecule has 0 atom stereocenters. The Kier molecular flexibility index (Phi) is 4.58. The van der Waals surface area contributed by atoms with Crippen LogP contribution in [0, 0.1) is 13.8 Å². The Balaban J connectivity index is 1.81.